The monoisotopic (exact) mass is 185 g/mol. The summed E-state index contributed by atoms with van der Waals surface area (Å²) in [6, 6.07) is 0.171. The lowest BCUT2D eigenvalue weighted by atomic mass is 9.99. The number of nitrogens with two attached hydrogens (primary N) is 2. The predicted molar refractivity (Wildman–Crippen MR) is 52.1 cm³/mol. The highest BCUT2D eigenvalue weighted by Crippen LogP contribution is 2.18. The molecule has 0 spiro atoms. The lowest BCUT2D eigenvalue weighted by Gasteiger charge is -2.37. The molecule has 1 heterocycles. The number of amides is 1. The van der Waals surface area contributed by atoms with Gasteiger partial charge in [-0.25, -0.2) is 0 Å². The number of hydrogen-bond donors (Lipinski definition) is 2. The van der Waals surface area contributed by atoms with E-state index < -0.39 is 0 Å². The van der Waals surface area contributed by atoms with Gasteiger partial charge in [-0.05, 0) is 26.3 Å². The molecule has 1 aliphatic heterocycles. The van der Waals surface area contributed by atoms with E-state index in [0.29, 0.717) is 6.54 Å². The SMILES string of the molecule is CC(CN)N1CCCCC1C(N)=O. The first-order chi connectivity index (χ1) is 6.16. The van der Waals surface area contributed by atoms with Gasteiger partial charge in [0.25, 0.3) is 0 Å². The molecule has 0 bridgehead atoms. The van der Waals surface area contributed by atoms with Crippen LogP contribution in [0.15, 0.2) is 0 Å². The second-order valence-corrected chi connectivity index (χ2v) is 3.74. The van der Waals surface area contributed by atoms with Crippen LogP contribution in [0, 0.1) is 0 Å². The minimum Gasteiger partial charge on any atom is -0.368 e. The van der Waals surface area contributed by atoms with E-state index in [-0.39, 0.29) is 18.0 Å². The van der Waals surface area contributed by atoms with Gasteiger partial charge >= 0.3 is 0 Å². The van der Waals surface area contributed by atoms with Crippen molar-refractivity contribution in [1.82, 2.24) is 4.90 Å². The fraction of sp³-hybridized carbons (Fsp3) is 0.889. The predicted octanol–water partition coefficient (Wildman–Crippen LogP) is -0.327. The Morgan fingerprint density at radius 2 is 2.31 bits per heavy atom. The molecular weight excluding hydrogens is 166 g/mol. The van der Waals surface area contributed by atoms with Gasteiger partial charge in [0.05, 0.1) is 6.04 Å². The second-order valence-electron chi connectivity index (χ2n) is 3.74. The number of likely N-dealkylation sites (tertiary alicyclic amines) is 1. The summed E-state index contributed by atoms with van der Waals surface area (Å²) in [6.45, 7) is 3.58. The third-order valence-corrected chi connectivity index (χ3v) is 2.78. The van der Waals surface area contributed by atoms with Crippen LogP contribution in [0.4, 0.5) is 0 Å². The summed E-state index contributed by atoms with van der Waals surface area (Å²) in [4.78, 5) is 13.3. The Kier molecular flexibility index (Phi) is 3.69. The van der Waals surface area contributed by atoms with Gasteiger partial charge in [-0.2, -0.15) is 0 Å². The van der Waals surface area contributed by atoms with Crippen LogP contribution in [0.25, 0.3) is 0 Å². The standard InChI is InChI=1S/C9H19N3O/c1-7(6-10)12-5-3-2-4-8(12)9(11)13/h7-8H,2-6,10H2,1H3,(H2,11,13). The maximum Gasteiger partial charge on any atom is 0.234 e. The third kappa shape index (κ3) is 2.42. The second kappa shape index (κ2) is 4.58. The lowest BCUT2D eigenvalue weighted by molar-refractivity contribution is -0.125. The average Bonchev–Trinajstić information content (AvgIpc) is 2.16. The molecule has 0 aromatic heterocycles. The zero-order valence-electron chi connectivity index (χ0n) is 8.20. The van der Waals surface area contributed by atoms with E-state index in [1.807, 2.05) is 6.92 Å². The number of piperidine rings is 1. The first-order valence-corrected chi connectivity index (χ1v) is 4.92. The van der Waals surface area contributed by atoms with Crippen LogP contribution < -0.4 is 11.5 Å². The molecule has 76 valence electrons. The Morgan fingerprint density at radius 3 is 2.85 bits per heavy atom. The van der Waals surface area contributed by atoms with Gasteiger partial charge in [-0.1, -0.05) is 6.42 Å². The Labute approximate surface area is 79.3 Å². The van der Waals surface area contributed by atoms with Gasteiger partial charge in [0.2, 0.25) is 5.91 Å². The summed E-state index contributed by atoms with van der Waals surface area (Å²) in [5, 5.41) is 0. The van der Waals surface area contributed by atoms with Crippen molar-refractivity contribution in [2.75, 3.05) is 13.1 Å². The first-order valence-electron chi connectivity index (χ1n) is 4.92. The molecule has 13 heavy (non-hydrogen) atoms. The number of carbonyl (C=O) groups excluding carboxylic acids is 1. The van der Waals surface area contributed by atoms with Crippen molar-refractivity contribution < 1.29 is 4.79 Å². The molecule has 0 saturated carbocycles. The molecule has 0 aromatic carbocycles. The van der Waals surface area contributed by atoms with Crippen LogP contribution in [-0.4, -0.2) is 36.0 Å². The average molecular weight is 185 g/mol. The summed E-state index contributed by atoms with van der Waals surface area (Å²) in [6.07, 6.45) is 3.13. The molecule has 0 aliphatic carbocycles. The molecule has 1 aliphatic rings. The van der Waals surface area contributed by atoms with Gasteiger partial charge in [0.1, 0.15) is 0 Å². The van der Waals surface area contributed by atoms with Gasteiger partial charge in [-0.3, -0.25) is 9.69 Å². The van der Waals surface area contributed by atoms with Crippen LogP contribution in [0.2, 0.25) is 0 Å². The first kappa shape index (κ1) is 10.5. The van der Waals surface area contributed by atoms with Crippen LogP contribution in [0.1, 0.15) is 26.2 Å². The third-order valence-electron chi connectivity index (χ3n) is 2.78. The van der Waals surface area contributed by atoms with E-state index in [9.17, 15) is 4.79 Å². The molecule has 4 N–H and O–H groups in total. The van der Waals surface area contributed by atoms with Crippen LogP contribution >= 0.6 is 0 Å². The van der Waals surface area contributed by atoms with E-state index in [0.717, 1.165) is 25.8 Å². The fourth-order valence-electron chi connectivity index (χ4n) is 1.92. The zero-order valence-corrected chi connectivity index (χ0v) is 8.20. The quantitative estimate of drug-likeness (QED) is 0.632. The molecule has 1 fully saturated rings. The molecule has 2 unspecified atom stereocenters. The van der Waals surface area contributed by atoms with Crippen molar-refractivity contribution in [3.05, 3.63) is 0 Å². The topological polar surface area (TPSA) is 72.3 Å². The van der Waals surface area contributed by atoms with Crippen molar-refractivity contribution >= 4 is 5.91 Å². The summed E-state index contributed by atoms with van der Waals surface area (Å²) >= 11 is 0. The van der Waals surface area contributed by atoms with E-state index in [2.05, 4.69) is 4.90 Å². The molecule has 2 atom stereocenters. The minimum absolute atomic E-state index is 0.0905. The van der Waals surface area contributed by atoms with E-state index in [1.54, 1.807) is 0 Å². The number of nitrogens with zero attached hydrogens (tertiary/aromatic N) is 1. The maximum absolute atomic E-state index is 11.1. The Balaban J connectivity index is 2.61. The highest BCUT2D eigenvalue weighted by molar-refractivity contribution is 5.79. The summed E-state index contributed by atoms with van der Waals surface area (Å²) in [5.41, 5.74) is 10.9. The molecular formula is C9H19N3O. The van der Waals surface area contributed by atoms with Crippen molar-refractivity contribution in [3.63, 3.8) is 0 Å². The van der Waals surface area contributed by atoms with Crippen LogP contribution in [0.5, 0.6) is 0 Å². The summed E-state index contributed by atoms with van der Waals surface area (Å²) in [5.74, 6) is -0.208. The van der Waals surface area contributed by atoms with Gasteiger partial charge in [0.15, 0.2) is 0 Å². The summed E-state index contributed by atoms with van der Waals surface area (Å²) < 4.78 is 0. The highest BCUT2D eigenvalue weighted by Gasteiger charge is 2.29. The fourth-order valence-corrected chi connectivity index (χ4v) is 1.92. The van der Waals surface area contributed by atoms with E-state index in [1.165, 1.54) is 0 Å². The highest BCUT2D eigenvalue weighted by atomic mass is 16.1. The Bertz CT molecular complexity index is 184. The molecule has 4 nitrogen and oxygen atoms in total. The maximum atomic E-state index is 11.1. The lowest BCUT2D eigenvalue weighted by Crippen LogP contribution is -2.53. The van der Waals surface area contributed by atoms with Gasteiger partial charge in [0, 0.05) is 12.6 Å². The minimum atomic E-state index is -0.208. The van der Waals surface area contributed by atoms with Crippen molar-refractivity contribution in [1.29, 1.82) is 0 Å². The molecule has 4 heteroatoms. The molecule has 0 radical (unpaired) electrons. The largest absolute Gasteiger partial charge is 0.368 e. The number of hydrogen-bond acceptors (Lipinski definition) is 3. The smallest absolute Gasteiger partial charge is 0.234 e. The number of rotatable bonds is 3. The Morgan fingerprint density at radius 1 is 1.62 bits per heavy atom. The normalized spacial score (nSPS) is 27.1. The van der Waals surface area contributed by atoms with Crippen LogP contribution in [-0.2, 0) is 4.79 Å². The Hall–Kier alpha value is -0.610. The van der Waals surface area contributed by atoms with E-state index in [4.69, 9.17) is 11.5 Å². The van der Waals surface area contributed by atoms with Crippen molar-refractivity contribution in [2.24, 2.45) is 11.5 Å². The van der Waals surface area contributed by atoms with Gasteiger partial charge < -0.3 is 11.5 Å². The zero-order chi connectivity index (χ0) is 9.84. The van der Waals surface area contributed by atoms with Crippen molar-refractivity contribution in [3.8, 4) is 0 Å². The van der Waals surface area contributed by atoms with Gasteiger partial charge in [-0.15, -0.1) is 0 Å². The van der Waals surface area contributed by atoms with E-state index >= 15 is 0 Å². The molecule has 1 amide bonds. The number of primary amides is 1. The molecule has 1 rings (SSSR count). The number of carbonyl (C=O) groups is 1. The van der Waals surface area contributed by atoms with Crippen molar-refractivity contribution in [2.45, 2.75) is 38.3 Å². The van der Waals surface area contributed by atoms with Crippen LogP contribution in [0.3, 0.4) is 0 Å². The summed E-state index contributed by atoms with van der Waals surface area (Å²) in [7, 11) is 0. The molecule has 0 aromatic rings. The molecule has 1 saturated heterocycles.